The van der Waals surface area contributed by atoms with Crippen LogP contribution in [0.1, 0.15) is 28.4 Å². The fraction of sp³-hybridized carbons (Fsp3) is 0.200. The molecule has 5 rings (SSSR count). The third kappa shape index (κ3) is 5.18. The SMILES string of the molecule is O=C(NCc1nnc(SCC(=O)N2CCCc3ccccc32)n1-c1ccc(Br)cc1)c1ccco1. The van der Waals surface area contributed by atoms with Gasteiger partial charge in [0.1, 0.15) is 0 Å². The Morgan fingerprint density at radius 3 is 2.69 bits per heavy atom. The molecule has 178 valence electrons. The molecule has 0 fully saturated rings. The van der Waals surface area contributed by atoms with Crippen LogP contribution >= 0.6 is 27.7 Å². The molecule has 0 radical (unpaired) electrons. The monoisotopic (exact) mass is 551 g/mol. The lowest BCUT2D eigenvalue weighted by molar-refractivity contribution is -0.116. The summed E-state index contributed by atoms with van der Waals surface area (Å²) in [6, 6.07) is 19.0. The average Bonchev–Trinajstić information content (AvgIpc) is 3.57. The molecule has 2 aromatic heterocycles. The fourth-order valence-electron chi connectivity index (χ4n) is 4.01. The van der Waals surface area contributed by atoms with Crippen LogP contribution in [0.5, 0.6) is 0 Å². The summed E-state index contributed by atoms with van der Waals surface area (Å²) in [5.41, 5.74) is 3.02. The van der Waals surface area contributed by atoms with Crippen molar-refractivity contribution in [3.63, 3.8) is 0 Å². The summed E-state index contributed by atoms with van der Waals surface area (Å²) in [5.74, 6) is 0.683. The number of nitrogens with one attached hydrogen (secondary N) is 1. The summed E-state index contributed by atoms with van der Waals surface area (Å²) in [4.78, 5) is 27.4. The van der Waals surface area contributed by atoms with Gasteiger partial charge in [-0.15, -0.1) is 10.2 Å². The zero-order chi connectivity index (χ0) is 24.2. The number of anilines is 1. The molecule has 1 aliphatic heterocycles. The molecular weight excluding hydrogens is 530 g/mol. The maximum absolute atomic E-state index is 13.2. The van der Waals surface area contributed by atoms with E-state index in [1.54, 1.807) is 12.1 Å². The molecule has 35 heavy (non-hydrogen) atoms. The number of amides is 2. The molecule has 3 heterocycles. The summed E-state index contributed by atoms with van der Waals surface area (Å²) in [6.07, 6.45) is 3.38. The normalized spacial score (nSPS) is 12.9. The molecule has 2 aromatic carbocycles. The Balaban J connectivity index is 1.35. The molecule has 0 saturated carbocycles. The van der Waals surface area contributed by atoms with Crippen molar-refractivity contribution in [3.8, 4) is 5.69 Å². The zero-order valence-corrected chi connectivity index (χ0v) is 21.1. The van der Waals surface area contributed by atoms with Gasteiger partial charge in [0.2, 0.25) is 5.91 Å². The summed E-state index contributed by atoms with van der Waals surface area (Å²) in [6.45, 7) is 0.858. The molecule has 0 aliphatic carbocycles. The van der Waals surface area contributed by atoms with Crippen LogP contribution in [0, 0.1) is 0 Å². The van der Waals surface area contributed by atoms with E-state index < -0.39 is 0 Å². The van der Waals surface area contributed by atoms with Crippen molar-refractivity contribution < 1.29 is 14.0 Å². The molecule has 2 amide bonds. The summed E-state index contributed by atoms with van der Waals surface area (Å²) >= 11 is 4.79. The van der Waals surface area contributed by atoms with Gasteiger partial charge in [0.25, 0.3) is 5.91 Å². The summed E-state index contributed by atoms with van der Waals surface area (Å²) in [5, 5.41) is 12.0. The van der Waals surface area contributed by atoms with Crippen LogP contribution in [0.2, 0.25) is 0 Å². The predicted molar refractivity (Wildman–Crippen MR) is 137 cm³/mol. The topological polar surface area (TPSA) is 93.3 Å². The van der Waals surface area contributed by atoms with Crippen molar-refractivity contribution in [1.29, 1.82) is 0 Å². The quantitative estimate of drug-likeness (QED) is 0.337. The van der Waals surface area contributed by atoms with E-state index in [1.807, 2.05) is 51.9 Å². The number of fused-ring (bicyclic) bond motifs is 1. The molecule has 0 atom stereocenters. The Morgan fingerprint density at radius 2 is 1.89 bits per heavy atom. The number of carbonyl (C=O) groups excluding carboxylic acids is 2. The van der Waals surface area contributed by atoms with E-state index in [1.165, 1.54) is 23.6 Å². The van der Waals surface area contributed by atoms with E-state index in [-0.39, 0.29) is 29.9 Å². The number of nitrogens with zero attached hydrogens (tertiary/aromatic N) is 4. The third-order valence-electron chi connectivity index (χ3n) is 5.67. The lowest BCUT2D eigenvalue weighted by Crippen LogP contribution is -2.36. The number of rotatable bonds is 7. The minimum absolute atomic E-state index is 0.0279. The molecule has 8 nitrogen and oxygen atoms in total. The van der Waals surface area contributed by atoms with Crippen molar-refractivity contribution in [2.24, 2.45) is 0 Å². The van der Waals surface area contributed by atoms with Crippen molar-refractivity contribution >= 4 is 45.2 Å². The van der Waals surface area contributed by atoms with Gasteiger partial charge in [0.15, 0.2) is 16.7 Å². The van der Waals surface area contributed by atoms with E-state index >= 15 is 0 Å². The Kier molecular flexibility index (Phi) is 7.01. The third-order valence-corrected chi connectivity index (χ3v) is 7.12. The van der Waals surface area contributed by atoms with Gasteiger partial charge in [-0.1, -0.05) is 45.9 Å². The molecular formula is C25H22BrN5O3S. The first-order valence-electron chi connectivity index (χ1n) is 11.1. The Bertz CT molecular complexity index is 1340. The number of thioether (sulfide) groups is 1. The highest BCUT2D eigenvalue weighted by Crippen LogP contribution is 2.29. The maximum Gasteiger partial charge on any atom is 0.287 e. The first-order chi connectivity index (χ1) is 17.1. The summed E-state index contributed by atoms with van der Waals surface area (Å²) < 4.78 is 7.96. The van der Waals surface area contributed by atoms with E-state index in [9.17, 15) is 9.59 Å². The predicted octanol–water partition coefficient (Wildman–Crippen LogP) is 4.62. The first kappa shape index (κ1) is 23.4. The van der Waals surface area contributed by atoms with Crippen LogP contribution in [-0.4, -0.2) is 38.9 Å². The van der Waals surface area contributed by atoms with Gasteiger partial charge >= 0.3 is 0 Å². The number of benzene rings is 2. The molecule has 0 spiro atoms. The molecule has 1 N–H and O–H groups in total. The Labute approximate surface area is 214 Å². The van der Waals surface area contributed by atoms with E-state index in [2.05, 4.69) is 37.5 Å². The van der Waals surface area contributed by atoms with Crippen LogP contribution in [-0.2, 0) is 17.8 Å². The number of para-hydroxylation sites is 1. The lowest BCUT2D eigenvalue weighted by Gasteiger charge is -2.29. The highest BCUT2D eigenvalue weighted by Gasteiger charge is 2.24. The standard InChI is InChI=1S/C25H22BrN5O3S/c26-18-9-11-19(12-10-18)31-22(15-27-24(33)21-8-4-14-34-21)28-29-25(31)35-16-23(32)30-13-3-6-17-5-1-2-7-20(17)30/h1-2,4-5,7-12,14H,3,6,13,15-16H2,(H,27,33). The van der Waals surface area contributed by atoms with Crippen molar-refractivity contribution in [2.75, 3.05) is 17.2 Å². The number of furan rings is 1. The van der Waals surface area contributed by atoms with Crippen LogP contribution in [0.25, 0.3) is 5.69 Å². The minimum atomic E-state index is -0.339. The molecule has 10 heteroatoms. The van der Waals surface area contributed by atoms with E-state index in [4.69, 9.17) is 4.42 Å². The zero-order valence-electron chi connectivity index (χ0n) is 18.7. The molecule has 1 aliphatic rings. The van der Waals surface area contributed by atoms with Crippen molar-refractivity contribution in [1.82, 2.24) is 20.1 Å². The van der Waals surface area contributed by atoms with Gasteiger partial charge in [0.05, 0.1) is 18.6 Å². The van der Waals surface area contributed by atoms with Gasteiger partial charge in [-0.3, -0.25) is 14.2 Å². The fourth-order valence-corrected chi connectivity index (χ4v) is 5.12. The number of aryl methyl sites for hydroxylation is 1. The van der Waals surface area contributed by atoms with Crippen molar-refractivity contribution in [3.05, 3.63) is 88.5 Å². The number of halogens is 1. The molecule has 0 saturated heterocycles. The first-order valence-corrected chi connectivity index (χ1v) is 12.9. The maximum atomic E-state index is 13.2. The molecule has 0 bridgehead atoms. The number of carbonyl (C=O) groups is 2. The second-order valence-electron chi connectivity index (χ2n) is 7.94. The van der Waals surface area contributed by atoms with Gasteiger partial charge in [-0.2, -0.15) is 0 Å². The number of aromatic nitrogens is 3. The lowest BCUT2D eigenvalue weighted by atomic mass is 10.0. The van der Waals surface area contributed by atoms with Gasteiger partial charge in [-0.25, -0.2) is 0 Å². The summed E-state index contributed by atoms with van der Waals surface area (Å²) in [7, 11) is 0. The second-order valence-corrected chi connectivity index (χ2v) is 9.80. The van der Waals surface area contributed by atoms with Gasteiger partial charge < -0.3 is 14.6 Å². The smallest absolute Gasteiger partial charge is 0.287 e. The van der Waals surface area contributed by atoms with Crippen LogP contribution < -0.4 is 10.2 Å². The molecule has 4 aromatic rings. The second kappa shape index (κ2) is 10.5. The van der Waals surface area contributed by atoms with E-state index in [0.717, 1.165) is 28.7 Å². The molecule has 0 unspecified atom stereocenters. The van der Waals surface area contributed by atoms with Gasteiger partial charge in [-0.05, 0) is 60.9 Å². The van der Waals surface area contributed by atoms with Crippen molar-refractivity contribution in [2.45, 2.75) is 24.5 Å². The Hall–Kier alpha value is -3.37. The van der Waals surface area contributed by atoms with Crippen LogP contribution in [0.15, 0.2) is 81.0 Å². The number of hydrogen-bond donors (Lipinski definition) is 1. The van der Waals surface area contributed by atoms with Crippen LogP contribution in [0.3, 0.4) is 0 Å². The van der Waals surface area contributed by atoms with Crippen LogP contribution in [0.4, 0.5) is 5.69 Å². The van der Waals surface area contributed by atoms with E-state index in [0.29, 0.717) is 17.5 Å². The largest absolute Gasteiger partial charge is 0.459 e. The highest BCUT2D eigenvalue weighted by atomic mass is 79.9. The Morgan fingerprint density at radius 1 is 1.06 bits per heavy atom. The number of hydrogen-bond acceptors (Lipinski definition) is 6. The highest BCUT2D eigenvalue weighted by molar-refractivity contribution is 9.10. The minimum Gasteiger partial charge on any atom is -0.459 e. The average molecular weight is 552 g/mol. The van der Waals surface area contributed by atoms with Gasteiger partial charge in [0, 0.05) is 22.4 Å².